The lowest BCUT2D eigenvalue weighted by Gasteiger charge is -2.57. The second kappa shape index (κ2) is 6.32. The van der Waals surface area contributed by atoms with Gasteiger partial charge in [-0.15, -0.1) is 0 Å². The summed E-state index contributed by atoms with van der Waals surface area (Å²) in [4.78, 5) is 12.0. The third kappa shape index (κ3) is 2.43. The number of fused-ring (bicyclic) bond motifs is 7. The van der Waals surface area contributed by atoms with Crippen molar-refractivity contribution < 1.29 is 14.3 Å². The molecule has 2 saturated heterocycles. The van der Waals surface area contributed by atoms with Gasteiger partial charge in [0.2, 0.25) is 0 Å². The van der Waals surface area contributed by atoms with Crippen molar-refractivity contribution in [2.24, 2.45) is 46.3 Å². The Morgan fingerprint density at radius 2 is 1.90 bits per heavy atom. The van der Waals surface area contributed by atoms with Crippen LogP contribution in [0.4, 0.5) is 0 Å². The van der Waals surface area contributed by atoms with E-state index in [0.717, 1.165) is 31.3 Å². The van der Waals surface area contributed by atoms with Gasteiger partial charge >= 0.3 is 0 Å². The number of allylic oxidation sites excluding steroid dienone is 4. The predicted octanol–water partition coefficient (Wildman–Crippen LogP) is 5.70. The molecular weight excluding hydrogens is 372 g/mol. The summed E-state index contributed by atoms with van der Waals surface area (Å²) in [6, 6.07) is 0. The first-order chi connectivity index (χ1) is 14.3. The zero-order valence-electron chi connectivity index (χ0n) is 19.2. The Morgan fingerprint density at radius 3 is 2.67 bits per heavy atom. The predicted molar refractivity (Wildman–Crippen MR) is 117 cm³/mol. The van der Waals surface area contributed by atoms with Crippen LogP contribution >= 0.6 is 0 Å². The number of carbonyl (C=O) groups is 1. The highest BCUT2D eigenvalue weighted by atomic mass is 16.7. The number of rotatable bonds is 0. The molecule has 6 rings (SSSR count). The Hall–Kier alpha value is -0.930. The van der Waals surface area contributed by atoms with Crippen molar-refractivity contribution in [3.8, 4) is 0 Å². The fourth-order valence-electron chi connectivity index (χ4n) is 9.21. The standard InChI is InChI=1S/C27H38O3/c1-16-7-12-27(29-15-16)17(2)24-23(30-27)14-22-20-6-5-18-13-19(28)8-10-25(18,3)21(20)9-11-26(22,24)4/h8,10,13,16-17,20-24H,5-7,9,11-12,14-15H2,1-4H3/t16-,17-,20+,21-,22-,23-,24-,25-,26-,27+/m0/s1. The van der Waals surface area contributed by atoms with E-state index < -0.39 is 0 Å². The SMILES string of the molecule is C[C@H]1CC[C@@]2(OC1)O[C@H]1C[C@H]3[C@@H]4CCC5=CC(=O)C=C[C@]5(C)[C@H]4CC[C@]3(C)[C@H]1[C@@H]2C. The van der Waals surface area contributed by atoms with Gasteiger partial charge in [0.15, 0.2) is 11.6 Å². The van der Waals surface area contributed by atoms with Crippen molar-refractivity contribution >= 4 is 5.78 Å². The van der Waals surface area contributed by atoms with E-state index in [9.17, 15) is 4.79 Å². The van der Waals surface area contributed by atoms with Crippen molar-refractivity contribution in [2.45, 2.75) is 84.5 Å². The van der Waals surface area contributed by atoms with Crippen LogP contribution in [-0.4, -0.2) is 24.3 Å². The summed E-state index contributed by atoms with van der Waals surface area (Å²) >= 11 is 0. The van der Waals surface area contributed by atoms with Crippen LogP contribution in [-0.2, 0) is 14.3 Å². The molecule has 0 unspecified atom stereocenters. The molecule has 2 heterocycles. The molecule has 10 atom stereocenters. The van der Waals surface area contributed by atoms with Crippen LogP contribution in [0.1, 0.15) is 72.6 Å². The van der Waals surface area contributed by atoms with E-state index in [1.807, 2.05) is 12.2 Å². The van der Waals surface area contributed by atoms with Gasteiger partial charge in [0.1, 0.15) is 0 Å². The zero-order chi connectivity index (χ0) is 20.9. The maximum absolute atomic E-state index is 12.0. The van der Waals surface area contributed by atoms with Gasteiger partial charge in [0, 0.05) is 17.8 Å². The van der Waals surface area contributed by atoms with Crippen molar-refractivity contribution in [1.29, 1.82) is 0 Å². The molecule has 4 aliphatic carbocycles. The Balaban J connectivity index is 1.29. The lowest BCUT2D eigenvalue weighted by atomic mass is 9.47. The molecule has 0 radical (unpaired) electrons. The monoisotopic (exact) mass is 410 g/mol. The summed E-state index contributed by atoms with van der Waals surface area (Å²) in [5, 5.41) is 0. The third-order valence-electron chi connectivity index (χ3n) is 10.8. The maximum atomic E-state index is 12.0. The van der Waals surface area contributed by atoms with Crippen LogP contribution in [0.5, 0.6) is 0 Å². The highest BCUT2D eigenvalue weighted by Crippen LogP contribution is 2.70. The van der Waals surface area contributed by atoms with Crippen LogP contribution < -0.4 is 0 Å². The first-order valence-electron chi connectivity index (χ1n) is 12.5. The lowest BCUT2D eigenvalue weighted by molar-refractivity contribution is -0.272. The van der Waals surface area contributed by atoms with Crippen molar-refractivity contribution in [3.05, 3.63) is 23.8 Å². The second-order valence-electron chi connectivity index (χ2n) is 12.1. The highest BCUT2D eigenvalue weighted by molar-refractivity contribution is 6.01. The van der Waals surface area contributed by atoms with E-state index in [2.05, 4.69) is 33.8 Å². The van der Waals surface area contributed by atoms with Gasteiger partial charge in [-0.25, -0.2) is 0 Å². The minimum atomic E-state index is -0.312. The molecule has 1 spiro atoms. The van der Waals surface area contributed by atoms with E-state index in [1.54, 1.807) is 0 Å². The van der Waals surface area contributed by atoms with Gasteiger partial charge in [-0.3, -0.25) is 4.79 Å². The van der Waals surface area contributed by atoms with Crippen LogP contribution in [0.2, 0.25) is 0 Å². The summed E-state index contributed by atoms with van der Waals surface area (Å²) in [6.07, 6.45) is 14.8. The molecule has 30 heavy (non-hydrogen) atoms. The van der Waals surface area contributed by atoms with Gasteiger partial charge in [0.05, 0.1) is 12.7 Å². The molecule has 0 aromatic heterocycles. The third-order valence-corrected chi connectivity index (χ3v) is 10.8. The number of hydrogen-bond acceptors (Lipinski definition) is 3. The molecule has 3 nitrogen and oxygen atoms in total. The Bertz CT molecular complexity index is 818. The van der Waals surface area contributed by atoms with Crippen molar-refractivity contribution in [2.75, 3.05) is 6.61 Å². The highest BCUT2D eigenvalue weighted by Gasteiger charge is 2.68. The van der Waals surface area contributed by atoms with E-state index in [1.165, 1.54) is 37.7 Å². The van der Waals surface area contributed by atoms with E-state index >= 15 is 0 Å². The molecule has 0 aromatic rings. The lowest BCUT2D eigenvalue weighted by Crippen LogP contribution is -2.52. The molecule has 0 amide bonds. The summed E-state index contributed by atoms with van der Waals surface area (Å²) in [5.74, 6) is 3.83. The fourth-order valence-corrected chi connectivity index (χ4v) is 9.21. The van der Waals surface area contributed by atoms with Crippen LogP contribution in [0.3, 0.4) is 0 Å². The van der Waals surface area contributed by atoms with E-state index in [-0.39, 0.29) is 17.0 Å². The summed E-state index contributed by atoms with van der Waals surface area (Å²) in [6.45, 7) is 10.6. The zero-order valence-corrected chi connectivity index (χ0v) is 19.2. The molecular formula is C27H38O3. The van der Waals surface area contributed by atoms with Crippen molar-refractivity contribution in [3.63, 3.8) is 0 Å². The number of hydrogen-bond donors (Lipinski definition) is 0. The van der Waals surface area contributed by atoms with Crippen LogP contribution in [0.15, 0.2) is 23.8 Å². The van der Waals surface area contributed by atoms with E-state index in [0.29, 0.717) is 35.2 Å². The van der Waals surface area contributed by atoms with Gasteiger partial charge in [-0.1, -0.05) is 39.3 Å². The van der Waals surface area contributed by atoms with Gasteiger partial charge < -0.3 is 9.47 Å². The first-order valence-corrected chi connectivity index (χ1v) is 12.5. The minimum absolute atomic E-state index is 0.0895. The maximum Gasteiger partial charge on any atom is 0.178 e. The molecule has 164 valence electrons. The molecule has 0 aromatic carbocycles. The van der Waals surface area contributed by atoms with Gasteiger partial charge in [0.25, 0.3) is 0 Å². The number of carbonyl (C=O) groups excluding carboxylic acids is 1. The average molecular weight is 411 g/mol. The van der Waals surface area contributed by atoms with Crippen molar-refractivity contribution in [1.82, 2.24) is 0 Å². The Morgan fingerprint density at radius 1 is 1.07 bits per heavy atom. The summed E-state index contributed by atoms with van der Waals surface area (Å²) in [5.41, 5.74) is 1.85. The molecule has 6 aliphatic rings. The second-order valence-corrected chi connectivity index (χ2v) is 12.1. The minimum Gasteiger partial charge on any atom is -0.349 e. The largest absolute Gasteiger partial charge is 0.349 e. The van der Waals surface area contributed by atoms with Gasteiger partial charge in [-0.05, 0) is 85.7 Å². The number of ether oxygens (including phenoxy) is 2. The molecule has 3 heteroatoms. The van der Waals surface area contributed by atoms with Gasteiger partial charge in [-0.2, -0.15) is 0 Å². The molecule has 5 fully saturated rings. The Kier molecular flexibility index (Phi) is 4.15. The molecule has 0 N–H and O–H groups in total. The molecule has 2 aliphatic heterocycles. The first kappa shape index (κ1) is 19.7. The summed E-state index contributed by atoms with van der Waals surface area (Å²) < 4.78 is 13.3. The fraction of sp³-hybridized carbons (Fsp3) is 0.815. The normalized spacial score (nSPS) is 56.9. The van der Waals surface area contributed by atoms with Crippen LogP contribution in [0, 0.1) is 46.3 Å². The smallest absolute Gasteiger partial charge is 0.178 e. The summed E-state index contributed by atoms with van der Waals surface area (Å²) in [7, 11) is 0. The molecule has 0 bridgehead atoms. The van der Waals surface area contributed by atoms with E-state index in [4.69, 9.17) is 9.47 Å². The average Bonchev–Trinajstić information content (AvgIpc) is 3.16. The topological polar surface area (TPSA) is 35.5 Å². The quantitative estimate of drug-likeness (QED) is 0.514. The Labute approximate surface area is 181 Å². The molecule has 3 saturated carbocycles. The van der Waals surface area contributed by atoms with Crippen LogP contribution in [0.25, 0.3) is 0 Å². The number of ketones is 1.